The summed E-state index contributed by atoms with van der Waals surface area (Å²) in [5, 5.41) is 2.97. The zero-order chi connectivity index (χ0) is 16.8. The Morgan fingerprint density at radius 2 is 1.92 bits per heavy atom. The summed E-state index contributed by atoms with van der Waals surface area (Å²) in [6.07, 6.45) is 0.775. The maximum absolute atomic E-state index is 12.0. The summed E-state index contributed by atoms with van der Waals surface area (Å²) < 4.78 is 11.1. The predicted molar refractivity (Wildman–Crippen MR) is 96.0 cm³/mol. The number of hydrogen-bond acceptors (Lipinski definition) is 4. The molecule has 1 aliphatic rings. The number of carbonyl (C=O) groups is 1. The smallest absolute Gasteiger partial charge is 0.230 e. The van der Waals surface area contributed by atoms with E-state index in [0.717, 1.165) is 28.4 Å². The van der Waals surface area contributed by atoms with Gasteiger partial charge < -0.3 is 14.8 Å². The lowest BCUT2D eigenvalue weighted by Crippen LogP contribution is -2.27. The predicted octanol–water partition coefficient (Wildman–Crippen LogP) is 3.22. The van der Waals surface area contributed by atoms with Gasteiger partial charge in [0.1, 0.15) is 13.2 Å². The third kappa shape index (κ3) is 4.45. The molecule has 0 bridgehead atoms. The Bertz CT molecular complexity index is 718. The zero-order valence-electron chi connectivity index (χ0n) is 13.7. The normalized spacial score (nSPS) is 12.7. The van der Waals surface area contributed by atoms with E-state index < -0.39 is 0 Å². The van der Waals surface area contributed by atoms with Crippen LogP contribution in [-0.4, -0.2) is 31.4 Å². The van der Waals surface area contributed by atoms with Crippen LogP contribution in [0.1, 0.15) is 11.1 Å². The number of hydrogen-bond donors (Lipinski definition) is 1. The van der Waals surface area contributed by atoms with Crippen molar-refractivity contribution in [2.75, 3.05) is 25.5 Å². The van der Waals surface area contributed by atoms with Crippen LogP contribution in [0.2, 0.25) is 0 Å². The van der Waals surface area contributed by atoms with Crippen LogP contribution < -0.4 is 14.8 Å². The third-order valence-corrected chi connectivity index (χ3v) is 4.97. The summed E-state index contributed by atoms with van der Waals surface area (Å²) in [6.45, 7) is 3.86. The van der Waals surface area contributed by atoms with E-state index in [4.69, 9.17) is 9.47 Å². The molecular weight excluding hydrogens is 322 g/mol. The molecule has 2 aromatic carbocycles. The van der Waals surface area contributed by atoms with Crippen molar-refractivity contribution in [3.05, 3.63) is 53.6 Å². The second-order valence-electron chi connectivity index (χ2n) is 5.63. The molecule has 0 aromatic heterocycles. The quantitative estimate of drug-likeness (QED) is 0.818. The largest absolute Gasteiger partial charge is 0.486 e. The molecule has 5 heteroatoms. The molecule has 4 nitrogen and oxygen atoms in total. The lowest BCUT2D eigenvalue weighted by Gasteiger charge is -2.18. The molecule has 1 aliphatic heterocycles. The molecule has 0 atom stereocenters. The highest BCUT2D eigenvalue weighted by molar-refractivity contribution is 8.00. The molecule has 2 aromatic rings. The van der Waals surface area contributed by atoms with E-state index in [-0.39, 0.29) is 5.91 Å². The zero-order valence-corrected chi connectivity index (χ0v) is 14.5. The Balaban J connectivity index is 1.43. The van der Waals surface area contributed by atoms with Crippen molar-refractivity contribution in [2.24, 2.45) is 0 Å². The lowest BCUT2D eigenvalue weighted by atomic mass is 10.1. The van der Waals surface area contributed by atoms with Crippen molar-refractivity contribution in [3.8, 4) is 11.5 Å². The fraction of sp³-hybridized carbons (Fsp3) is 0.316. The Morgan fingerprint density at radius 1 is 1.12 bits per heavy atom. The fourth-order valence-corrected chi connectivity index (χ4v) is 3.36. The number of rotatable bonds is 6. The number of fused-ring (bicyclic) bond motifs is 1. The number of thioether (sulfide) groups is 1. The molecule has 1 amide bonds. The van der Waals surface area contributed by atoms with E-state index in [1.54, 1.807) is 11.8 Å². The highest BCUT2D eigenvalue weighted by Gasteiger charge is 2.11. The van der Waals surface area contributed by atoms with Gasteiger partial charge in [-0.1, -0.05) is 24.3 Å². The van der Waals surface area contributed by atoms with Crippen LogP contribution in [0.3, 0.4) is 0 Å². The molecule has 0 aliphatic carbocycles. The summed E-state index contributed by atoms with van der Waals surface area (Å²) in [4.78, 5) is 13.1. The second kappa shape index (κ2) is 8.11. The number of nitrogens with one attached hydrogen (secondary N) is 1. The molecule has 0 radical (unpaired) electrons. The number of amides is 1. The van der Waals surface area contributed by atoms with Crippen molar-refractivity contribution < 1.29 is 14.3 Å². The average molecular weight is 343 g/mol. The first-order valence-corrected chi connectivity index (χ1v) is 9.04. The van der Waals surface area contributed by atoms with Gasteiger partial charge in [0, 0.05) is 11.4 Å². The van der Waals surface area contributed by atoms with Gasteiger partial charge in [0.05, 0.1) is 5.75 Å². The molecule has 0 spiro atoms. The lowest BCUT2D eigenvalue weighted by molar-refractivity contribution is -0.118. The Hall–Kier alpha value is -2.14. The molecule has 126 valence electrons. The standard InChI is InChI=1S/C19H21NO3S/c1-14-4-2-3-5-18(14)24-13-19(21)20-9-8-15-6-7-16-17(12-15)23-11-10-22-16/h2-7,12H,8-11,13H2,1H3,(H,20,21). The molecule has 3 rings (SSSR count). The number of ether oxygens (including phenoxy) is 2. The van der Waals surface area contributed by atoms with Crippen LogP contribution in [0.4, 0.5) is 0 Å². The number of benzene rings is 2. The van der Waals surface area contributed by atoms with Crippen molar-refractivity contribution in [3.63, 3.8) is 0 Å². The summed E-state index contributed by atoms with van der Waals surface area (Å²) in [6, 6.07) is 14.0. The van der Waals surface area contributed by atoms with Gasteiger partial charge in [-0.25, -0.2) is 0 Å². The Labute approximate surface area is 146 Å². The molecule has 0 saturated carbocycles. The van der Waals surface area contributed by atoms with Crippen LogP contribution >= 0.6 is 11.8 Å². The summed E-state index contributed by atoms with van der Waals surface area (Å²) in [5.74, 6) is 2.08. The van der Waals surface area contributed by atoms with Crippen LogP contribution in [0.5, 0.6) is 11.5 Å². The highest BCUT2D eigenvalue weighted by atomic mass is 32.2. The monoisotopic (exact) mass is 343 g/mol. The highest BCUT2D eigenvalue weighted by Crippen LogP contribution is 2.30. The van der Waals surface area contributed by atoms with Gasteiger partial charge in [-0.05, 0) is 42.7 Å². The topological polar surface area (TPSA) is 47.6 Å². The minimum atomic E-state index is 0.0563. The Kier molecular flexibility index (Phi) is 5.64. The van der Waals surface area contributed by atoms with Crippen molar-refractivity contribution in [1.29, 1.82) is 0 Å². The van der Waals surface area contributed by atoms with Gasteiger partial charge in [-0.15, -0.1) is 11.8 Å². The second-order valence-corrected chi connectivity index (χ2v) is 6.65. The van der Waals surface area contributed by atoms with Crippen LogP contribution in [0, 0.1) is 6.92 Å². The van der Waals surface area contributed by atoms with Crippen LogP contribution in [0.25, 0.3) is 0 Å². The van der Waals surface area contributed by atoms with Crippen LogP contribution in [-0.2, 0) is 11.2 Å². The van der Waals surface area contributed by atoms with Crippen LogP contribution in [0.15, 0.2) is 47.4 Å². The van der Waals surface area contributed by atoms with Crippen molar-refractivity contribution in [1.82, 2.24) is 5.32 Å². The minimum Gasteiger partial charge on any atom is -0.486 e. The van der Waals surface area contributed by atoms with E-state index in [1.165, 1.54) is 5.56 Å². The first-order chi connectivity index (χ1) is 11.7. The molecule has 1 N–H and O–H groups in total. The van der Waals surface area contributed by atoms with Gasteiger partial charge in [0.2, 0.25) is 5.91 Å². The molecule has 0 fully saturated rings. The van der Waals surface area contributed by atoms with E-state index in [9.17, 15) is 4.79 Å². The van der Waals surface area contributed by atoms with Gasteiger partial charge in [-0.2, -0.15) is 0 Å². The average Bonchev–Trinajstić information content (AvgIpc) is 2.61. The van der Waals surface area contributed by atoms with Crippen molar-refractivity contribution in [2.45, 2.75) is 18.2 Å². The minimum absolute atomic E-state index is 0.0563. The maximum atomic E-state index is 12.0. The van der Waals surface area contributed by atoms with Crippen molar-refractivity contribution >= 4 is 17.7 Å². The van der Waals surface area contributed by atoms with Gasteiger partial charge in [-0.3, -0.25) is 4.79 Å². The fourth-order valence-electron chi connectivity index (χ4n) is 2.50. The van der Waals surface area contributed by atoms with Gasteiger partial charge in [0.15, 0.2) is 11.5 Å². The first-order valence-electron chi connectivity index (χ1n) is 8.06. The number of aryl methyl sites for hydroxylation is 1. The SMILES string of the molecule is Cc1ccccc1SCC(=O)NCCc1ccc2c(c1)OCCO2. The molecule has 0 saturated heterocycles. The van der Waals surface area contributed by atoms with E-state index >= 15 is 0 Å². The molecule has 1 heterocycles. The first kappa shape index (κ1) is 16.7. The summed E-state index contributed by atoms with van der Waals surface area (Å²) >= 11 is 1.57. The van der Waals surface area contributed by atoms with Gasteiger partial charge >= 0.3 is 0 Å². The number of carbonyl (C=O) groups excluding carboxylic acids is 1. The van der Waals surface area contributed by atoms with E-state index in [0.29, 0.717) is 25.5 Å². The summed E-state index contributed by atoms with van der Waals surface area (Å²) in [7, 11) is 0. The van der Waals surface area contributed by atoms with E-state index in [2.05, 4.69) is 18.3 Å². The molecular formula is C19H21NO3S. The third-order valence-electron chi connectivity index (χ3n) is 3.79. The Morgan fingerprint density at radius 3 is 2.75 bits per heavy atom. The molecule has 24 heavy (non-hydrogen) atoms. The van der Waals surface area contributed by atoms with Gasteiger partial charge in [0.25, 0.3) is 0 Å². The van der Waals surface area contributed by atoms with E-state index in [1.807, 2.05) is 36.4 Å². The summed E-state index contributed by atoms with van der Waals surface area (Å²) in [5.41, 5.74) is 2.33. The maximum Gasteiger partial charge on any atom is 0.230 e. The molecule has 0 unspecified atom stereocenters.